The van der Waals surface area contributed by atoms with Gasteiger partial charge in [0.05, 0.1) is 0 Å². The van der Waals surface area contributed by atoms with Crippen LogP contribution in [0.15, 0.2) is 48.0 Å². The minimum Gasteiger partial charge on any atom is -0.490 e. The maximum atomic E-state index is 12.6. The molecule has 0 saturated carbocycles. The Morgan fingerprint density at radius 2 is 1.86 bits per heavy atom. The van der Waals surface area contributed by atoms with E-state index in [1.54, 1.807) is 18.2 Å². The molecule has 1 N–H and O–H groups in total. The lowest BCUT2D eigenvalue weighted by atomic mass is 9.87. The Hall–Kier alpha value is -3.41. The van der Waals surface area contributed by atoms with Crippen LogP contribution in [0.1, 0.15) is 43.8 Å². The van der Waals surface area contributed by atoms with Crippen molar-refractivity contribution in [2.75, 3.05) is 18.5 Å². The maximum absolute atomic E-state index is 12.6. The van der Waals surface area contributed by atoms with Gasteiger partial charge in [0.2, 0.25) is 5.13 Å². The van der Waals surface area contributed by atoms with Gasteiger partial charge in [-0.15, -0.1) is 10.2 Å². The summed E-state index contributed by atoms with van der Waals surface area (Å²) in [7, 11) is 0. The number of ether oxygens (including phenoxy) is 2. The molecule has 3 rings (SSSR count). The lowest BCUT2D eigenvalue weighted by Gasteiger charge is -2.19. The number of hydrogen-bond donors (Lipinski definition) is 1. The third-order valence-corrected chi connectivity index (χ3v) is 6.17. The van der Waals surface area contributed by atoms with Gasteiger partial charge in [0.15, 0.2) is 0 Å². The van der Waals surface area contributed by atoms with E-state index in [9.17, 15) is 10.1 Å². The number of aryl methyl sites for hydroxylation is 1. The molecule has 0 fully saturated rings. The number of aromatic nitrogens is 2. The van der Waals surface area contributed by atoms with E-state index in [1.165, 1.54) is 23.0 Å². The van der Waals surface area contributed by atoms with E-state index < -0.39 is 5.91 Å². The van der Waals surface area contributed by atoms with Gasteiger partial charge in [-0.2, -0.15) is 5.26 Å². The zero-order chi connectivity index (χ0) is 25.4. The highest BCUT2D eigenvalue weighted by Gasteiger charge is 2.15. The van der Waals surface area contributed by atoms with Gasteiger partial charge < -0.3 is 9.47 Å². The molecule has 0 bridgehead atoms. The largest absolute Gasteiger partial charge is 0.490 e. The summed E-state index contributed by atoms with van der Waals surface area (Å²) in [5.74, 6) is 0.647. The number of nitrogens with one attached hydrogen (secondary N) is 1. The second-order valence-electron chi connectivity index (χ2n) is 8.63. The zero-order valence-corrected chi connectivity index (χ0v) is 21.7. The Morgan fingerprint density at radius 1 is 1.14 bits per heavy atom. The predicted octanol–water partition coefficient (Wildman–Crippen LogP) is 6.05. The molecule has 35 heavy (non-hydrogen) atoms. The summed E-state index contributed by atoms with van der Waals surface area (Å²) in [5.41, 5.74) is 1.70. The fraction of sp³-hybridized carbons (Fsp3) is 0.308. The van der Waals surface area contributed by atoms with Crippen molar-refractivity contribution in [3.63, 3.8) is 0 Å². The van der Waals surface area contributed by atoms with Gasteiger partial charge in [-0.3, -0.25) is 10.1 Å². The summed E-state index contributed by atoms with van der Waals surface area (Å²) in [6, 6.07) is 14.9. The third-order valence-electron chi connectivity index (χ3n) is 4.96. The number of anilines is 1. The van der Waals surface area contributed by atoms with Crippen LogP contribution in [-0.4, -0.2) is 29.3 Å². The summed E-state index contributed by atoms with van der Waals surface area (Å²) in [6.45, 7) is 9.02. The monoisotopic (exact) mass is 510 g/mol. The summed E-state index contributed by atoms with van der Waals surface area (Å²) in [5, 5.41) is 21.6. The Bertz CT molecular complexity index is 1240. The van der Waals surface area contributed by atoms with Crippen LogP contribution in [0.5, 0.6) is 11.5 Å². The normalized spacial score (nSPS) is 11.6. The van der Waals surface area contributed by atoms with E-state index in [2.05, 4.69) is 48.4 Å². The van der Waals surface area contributed by atoms with Gasteiger partial charge in [0.1, 0.15) is 41.4 Å². The quantitative estimate of drug-likeness (QED) is 0.213. The Morgan fingerprint density at radius 3 is 2.49 bits per heavy atom. The zero-order valence-electron chi connectivity index (χ0n) is 20.1. The van der Waals surface area contributed by atoms with E-state index in [1.807, 2.05) is 25.1 Å². The van der Waals surface area contributed by atoms with E-state index in [0.717, 1.165) is 10.8 Å². The molecular weight excluding hydrogens is 484 g/mol. The van der Waals surface area contributed by atoms with Crippen molar-refractivity contribution in [1.82, 2.24) is 10.2 Å². The minimum atomic E-state index is -0.584. The molecule has 0 spiro atoms. The first kappa shape index (κ1) is 26.2. The van der Waals surface area contributed by atoms with Gasteiger partial charge >= 0.3 is 0 Å². The molecule has 0 unspecified atom stereocenters. The van der Waals surface area contributed by atoms with Gasteiger partial charge in [-0.05, 0) is 53.8 Å². The van der Waals surface area contributed by atoms with Crippen molar-refractivity contribution >= 4 is 40.1 Å². The van der Waals surface area contributed by atoms with Crippen molar-refractivity contribution in [2.45, 2.75) is 39.5 Å². The van der Waals surface area contributed by atoms with Crippen LogP contribution in [0.2, 0.25) is 5.02 Å². The highest BCUT2D eigenvalue weighted by molar-refractivity contribution is 7.15. The molecule has 0 saturated heterocycles. The number of benzene rings is 2. The molecule has 1 aromatic heterocycles. The standard InChI is InChI=1S/C26H27ClN4O3S/c1-5-23-30-31-25(35-23)29-24(32)18(16-28)14-17-15-20(27)8-11-22(17)34-13-12-33-21-9-6-19(7-10-21)26(2,3)4/h6-11,14-15H,5,12-13H2,1-4H3,(H,29,31,32)/b18-14-. The first-order valence-electron chi connectivity index (χ1n) is 11.1. The molecule has 1 amide bonds. The number of carbonyl (C=O) groups excluding carboxylic acids is 1. The van der Waals surface area contributed by atoms with Crippen LogP contribution in [0.4, 0.5) is 5.13 Å². The van der Waals surface area contributed by atoms with Gasteiger partial charge in [0.25, 0.3) is 5.91 Å². The number of nitriles is 1. The second-order valence-corrected chi connectivity index (χ2v) is 10.1. The number of amides is 1. The maximum Gasteiger partial charge on any atom is 0.268 e. The van der Waals surface area contributed by atoms with Crippen molar-refractivity contribution in [2.24, 2.45) is 0 Å². The van der Waals surface area contributed by atoms with E-state index in [4.69, 9.17) is 21.1 Å². The van der Waals surface area contributed by atoms with Crippen LogP contribution in [0, 0.1) is 11.3 Å². The molecular formula is C26H27ClN4O3S. The topological polar surface area (TPSA) is 97.1 Å². The molecule has 7 nitrogen and oxygen atoms in total. The molecule has 0 aliphatic rings. The predicted molar refractivity (Wildman–Crippen MR) is 139 cm³/mol. The van der Waals surface area contributed by atoms with Crippen molar-refractivity contribution in [3.8, 4) is 17.6 Å². The van der Waals surface area contributed by atoms with Crippen molar-refractivity contribution in [1.29, 1.82) is 5.26 Å². The minimum absolute atomic E-state index is 0.0783. The molecule has 0 aliphatic heterocycles. The molecule has 0 radical (unpaired) electrons. The van der Waals surface area contributed by atoms with E-state index in [-0.39, 0.29) is 17.6 Å². The van der Waals surface area contributed by atoms with Crippen molar-refractivity contribution in [3.05, 3.63) is 69.2 Å². The van der Waals surface area contributed by atoms with Crippen molar-refractivity contribution < 1.29 is 14.3 Å². The SMILES string of the molecule is CCc1nnc(NC(=O)/C(C#N)=C\c2cc(Cl)ccc2OCCOc2ccc(C(C)(C)C)cc2)s1. The fourth-order valence-corrected chi connectivity index (χ4v) is 3.90. The number of hydrogen-bond acceptors (Lipinski definition) is 7. The average molecular weight is 511 g/mol. The lowest BCUT2D eigenvalue weighted by Crippen LogP contribution is -2.13. The van der Waals surface area contributed by atoms with Crippen LogP contribution < -0.4 is 14.8 Å². The van der Waals surface area contributed by atoms with Gasteiger partial charge in [-0.1, -0.05) is 62.8 Å². The summed E-state index contributed by atoms with van der Waals surface area (Å²) in [4.78, 5) is 12.6. The van der Waals surface area contributed by atoms with Crippen LogP contribution in [-0.2, 0) is 16.6 Å². The van der Waals surface area contributed by atoms with Crippen LogP contribution in [0.25, 0.3) is 6.08 Å². The first-order valence-corrected chi connectivity index (χ1v) is 12.3. The molecule has 182 valence electrons. The second kappa shape index (κ2) is 11.8. The third kappa shape index (κ3) is 7.54. The number of nitrogens with zero attached hydrogens (tertiary/aromatic N) is 3. The summed E-state index contributed by atoms with van der Waals surface area (Å²) < 4.78 is 11.6. The first-order chi connectivity index (χ1) is 16.7. The smallest absolute Gasteiger partial charge is 0.268 e. The molecule has 0 atom stereocenters. The highest BCUT2D eigenvalue weighted by atomic mass is 35.5. The molecule has 1 heterocycles. The Balaban J connectivity index is 1.64. The lowest BCUT2D eigenvalue weighted by molar-refractivity contribution is -0.112. The van der Waals surface area contributed by atoms with Gasteiger partial charge in [0, 0.05) is 10.6 Å². The molecule has 3 aromatic rings. The van der Waals surface area contributed by atoms with Crippen LogP contribution >= 0.6 is 22.9 Å². The van der Waals surface area contributed by atoms with E-state index in [0.29, 0.717) is 34.5 Å². The Kier molecular flexibility index (Phi) is 8.85. The molecule has 0 aliphatic carbocycles. The fourth-order valence-electron chi connectivity index (χ4n) is 3.04. The average Bonchev–Trinajstić information content (AvgIpc) is 3.28. The number of rotatable bonds is 9. The summed E-state index contributed by atoms with van der Waals surface area (Å²) in [6.07, 6.45) is 2.15. The molecule has 2 aromatic carbocycles. The number of halogens is 1. The number of carbonyl (C=O) groups is 1. The highest BCUT2D eigenvalue weighted by Crippen LogP contribution is 2.27. The van der Waals surface area contributed by atoms with Gasteiger partial charge in [-0.25, -0.2) is 0 Å². The van der Waals surface area contributed by atoms with E-state index >= 15 is 0 Å². The summed E-state index contributed by atoms with van der Waals surface area (Å²) >= 11 is 7.41. The Labute approximate surface area is 214 Å². The van der Waals surface area contributed by atoms with Crippen LogP contribution in [0.3, 0.4) is 0 Å². The molecule has 9 heteroatoms.